The first-order valence-electron chi connectivity index (χ1n) is 6.71. The van der Waals surface area contributed by atoms with Gasteiger partial charge in [0.1, 0.15) is 24.9 Å². The first-order valence-corrected chi connectivity index (χ1v) is 9.07. The van der Waals surface area contributed by atoms with E-state index in [2.05, 4.69) is 15.5 Å². The molecule has 1 aromatic heterocycles. The minimum Gasteiger partial charge on any atom is -0.479 e. The van der Waals surface area contributed by atoms with Gasteiger partial charge in [-0.15, -0.1) is 10.2 Å². The lowest BCUT2D eigenvalue weighted by atomic mass is 9.99. The van der Waals surface area contributed by atoms with Gasteiger partial charge in [-0.1, -0.05) is 11.3 Å². The van der Waals surface area contributed by atoms with Crippen molar-refractivity contribution in [2.24, 2.45) is 5.14 Å². The van der Waals surface area contributed by atoms with Crippen LogP contribution in [0.2, 0.25) is 0 Å². The third kappa shape index (κ3) is 4.68. The number of carbonyl (C=O) groups excluding carboxylic acids is 1. The van der Waals surface area contributed by atoms with Gasteiger partial charge in [-0.3, -0.25) is 10.1 Å². The quantitative estimate of drug-likeness (QED) is 0.245. The highest BCUT2D eigenvalue weighted by atomic mass is 32.2. The van der Waals surface area contributed by atoms with Crippen LogP contribution >= 0.6 is 11.3 Å². The molecule has 7 N–H and O–H groups in total. The lowest BCUT2D eigenvalue weighted by molar-refractivity contribution is -0.292. The van der Waals surface area contributed by atoms with E-state index < -0.39 is 63.6 Å². The Morgan fingerprint density at radius 3 is 2.42 bits per heavy atom. The average Bonchev–Trinajstić information content (AvgIpc) is 3.00. The Morgan fingerprint density at radius 1 is 1.23 bits per heavy atom. The van der Waals surface area contributed by atoms with Crippen molar-refractivity contribution in [3.05, 3.63) is 0 Å². The van der Waals surface area contributed by atoms with E-state index in [-0.39, 0.29) is 5.13 Å². The maximum absolute atomic E-state index is 11.7. The Kier molecular flexibility index (Phi) is 6.19. The number of nitrogens with two attached hydrogens (primary N) is 1. The Hall–Kier alpha value is -1.79. The van der Waals surface area contributed by atoms with Crippen molar-refractivity contribution < 1.29 is 47.9 Å². The Morgan fingerprint density at radius 2 is 1.88 bits per heavy atom. The molecule has 146 valence electrons. The van der Waals surface area contributed by atoms with E-state index in [1.165, 1.54) is 0 Å². The van der Waals surface area contributed by atoms with Crippen molar-refractivity contribution in [3.8, 4) is 0 Å². The van der Waals surface area contributed by atoms with Crippen LogP contribution in [-0.4, -0.2) is 88.2 Å². The molecule has 0 saturated carbocycles. The molecular weight excluding hydrogens is 400 g/mol. The van der Waals surface area contributed by atoms with Crippen molar-refractivity contribution in [3.63, 3.8) is 0 Å². The summed E-state index contributed by atoms with van der Waals surface area (Å²) in [5.41, 5.74) is 0. The Labute approximate surface area is 149 Å². The zero-order chi connectivity index (χ0) is 19.6. The molecule has 0 radical (unpaired) electrons. The fourth-order valence-corrected chi connectivity index (χ4v) is 3.23. The summed E-state index contributed by atoms with van der Waals surface area (Å²) < 4.78 is 31.3. The van der Waals surface area contributed by atoms with Crippen LogP contribution in [0.1, 0.15) is 0 Å². The monoisotopic (exact) mass is 414 g/mol. The molecule has 1 saturated heterocycles. The van der Waals surface area contributed by atoms with Crippen LogP contribution < -0.4 is 10.5 Å². The van der Waals surface area contributed by atoms with E-state index in [0.717, 1.165) is 0 Å². The van der Waals surface area contributed by atoms with Gasteiger partial charge in [0.25, 0.3) is 15.9 Å². The minimum atomic E-state index is -4.08. The van der Waals surface area contributed by atoms with Crippen LogP contribution in [0, 0.1) is 0 Å². The molecule has 1 unspecified atom stereocenters. The summed E-state index contributed by atoms with van der Waals surface area (Å²) in [6.07, 6.45) is -9.17. The van der Waals surface area contributed by atoms with Gasteiger partial charge in [0.15, 0.2) is 12.4 Å². The number of anilines is 1. The zero-order valence-corrected chi connectivity index (χ0v) is 14.3. The van der Waals surface area contributed by atoms with E-state index in [1.54, 1.807) is 0 Å². The molecule has 2 rings (SSSR count). The van der Waals surface area contributed by atoms with Gasteiger partial charge < -0.3 is 29.9 Å². The van der Waals surface area contributed by atoms with Gasteiger partial charge in [-0.2, -0.15) is 0 Å². The number of sulfonamides is 1. The number of amides is 1. The number of ether oxygens (including phenoxy) is 2. The number of carboxylic acid groups (broad SMARTS) is 1. The summed E-state index contributed by atoms with van der Waals surface area (Å²) in [7, 11) is -4.08. The van der Waals surface area contributed by atoms with Gasteiger partial charge in [-0.25, -0.2) is 18.4 Å². The summed E-state index contributed by atoms with van der Waals surface area (Å²) in [6.45, 7) is -0.777. The number of aliphatic hydroxyl groups excluding tert-OH is 3. The minimum absolute atomic E-state index is 0.202. The number of hydrogen-bond acceptors (Lipinski definition) is 12. The summed E-state index contributed by atoms with van der Waals surface area (Å²) in [4.78, 5) is 22.7. The van der Waals surface area contributed by atoms with Gasteiger partial charge in [0, 0.05) is 0 Å². The predicted octanol–water partition coefficient (Wildman–Crippen LogP) is -3.97. The van der Waals surface area contributed by atoms with Gasteiger partial charge in [-0.05, 0) is 0 Å². The lowest BCUT2D eigenvalue weighted by Gasteiger charge is -2.38. The smallest absolute Gasteiger partial charge is 0.335 e. The van der Waals surface area contributed by atoms with Crippen LogP contribution in [0.5, 0.6) is 0 Å². The molecule has 0 spiro atoms. The highest BCUT2D eigenvalue weighted by molar-refractivity contribution is 7.91. The van der Waals surface area contributed by atoms with Crippen LogP contribution in [0.3, 0.4) is 0 Å². The van der Waals surface area contributed by atoms with Crippen molar-refractivity contribution in [1.29, 1.82) is 0 Å². The molecule has 1 aliphatic rings. The van der Waals surface area contributed by atoms with E-state index in [0.29, 0.717) is 11.3 Å². The molecule has 1 amide bonds. The Bertz CT molecular complexity index is 783. The van der Waals surface area contributed by atoms with Crippen molar-refractivity contribution in [1.82, 2.24) is 10.2 Å². The molecule has 0 bridgehead atoms. The molecule has 1 aliphatic heterocycles. The normalized spacial score (nSPS) is 29.3. The fraction of sp³-hybridized carbons (Fsp3) is 0.600. The van der Waals surface area contributed by atoms with E-state index >= 15 is 0 Å². The van der Waals surface area contributed by atoms with E-state index in [1.807, 2.05) is 0 Å². The summed E-state index contributed by atoms with van der Waals surface area (Å²) in [5.74, 6) is -2.48. The second-order valence-corrected chi connectivity index (χ2v) is 7.73. The standard InChI is InChI=1S/C10H14N4O10S2/c11-26(21,22)10-14-13-9(25-10)12-2(15)1-23-8-5(18)3(16)4(17)6(24-8)7(19)20/h3-6,8,16-18H,1H2,(H,19,20)(H2,11,21,22)(H,12,13,15)/t3-,4-,5+,6-,8?/m0/s1. The fourth-order valence-electron chi connectivity index (χ4n) is 1.88. The zero-order valence-electron chi connectivity index (χ0n) is 12.6. The lowest BCUT2D eigenvalue weighted by Crippen LogP contribution is -2.60. The molecule has 26 heavy (non-hydrogen) atoms. The molecule has 14 nitrogen and oxygen atoms in total. The SMILES string of the molecule is NS(=O)(=O)c1nnc(NC(=O)COC2O[C@H](C(=O)O)[C@@H](O)[C@H](O)[C@H]2O)s1. The molecule has 2 heterocycles. The second kappa shape index (κ2) is 7.84. The topological polar surface area (TPSA) is 231 Å². The van der Waals surface area contributed by atoms with Crippen LogP contribution in [0.4, 0.5) is 5.13 Å². The number of primary sulfonamides is 1. The average molecular weight is 414 g/mol. The predicted molar refractivity (Wildman–Crippen MR) is 80.2 cm³/mol. The summed E-state index contributed by atoms with van der Waals surface area (Å²) in [6, 6.07) is 0. The van der Waals surface area contributed by atoms with Crippen molar-refractivity contribution >= 4 is 38.4 Å². The molecule has 16 heteroatoms. The first kappa shape index (κ1) is 20.5. The molecule has 1 fully saturated rings. The number of aromatic nitrogens is 2. The number of aliphatic carboxylic acids is 1. The van der Waals surface area contributed by atoms with Crippen LogP contribution in [0.25, 0.3) is 0 Å². The number of hydrogen-bond donors (Lipinski definition) is 6. The third-order valence-electron chi connectivity index (χ3n) is 3.09. The molecule has 5 atom stereocenters. The molecule has 1 aromatic rings. The van der Waals surface area contributed by atoms with E-state index in [9.17, 15) is 33.3 Å². The molecule has 0 aromatic carbocycles. The first-order chi connectivity index (χ1) is 12.0. The maximum atomic E-state index is 11.7. The second-order valence-electron chi connectivity index (χ2n) is 5.01. The largest absolute Gasteiger partial charge is 0.479 e. The summed E-state index contributed by atoms with van der Waals surface area (Å²) in [5, 5.41) is 51.1. The van der Waals surface area contributed by atoms with Gasteiger partial charge in [0.05, 0.1) is 0 Å². The highest BCUT2D eigenvalue weighted by Crippen LogP contribution is 2.23. The number of carbonyl (C=O) groups is 2. The number of aliphatic hydroxyl groups is 3. The molecular formula is C10H14N4O10S2. The highest BCUT2D eigenvalue weighted by Gasteiger charge is 2.47. The number of nitrogens with zero attached hydrogens (tertiary/aromatic N) is 2. The number of rotatable bonds is 6. The molecule has 0 aliphatic carbocycles. The maximum Gasteiger partial charge on any atom is 0.335 e. The van der Waals surface area contributed by atoms with Gasteiger partial charge >= 0.3 is 5.97 Å². The Balaban J connectivity index is 1.93. The number of nitrogens with one attached hydrogen (secondary N) is 1. The van der Waals surface area contributed by atoms with E-state index in [4.69, 9.17) is 19.7 Å². The van der Waals surface area contributed by atoms with Crippen LogP contribution in [0.15, 0.2) is 4.34 Å². The number of carboxylic acids is 1. The van der Waals surface area contributed by atoms with Crippen LogP contribution in [-0.2, 0) is 29.1 Å². The third-order valence-corrected chi connectivity index (χ3v) is 5.24. The van der Waals surface area contributed by atoms with Crippen molar-refractivity contribution in [2.75, 3.05) is 11.9 Å². The van der Waals surface area contributed by atoms with Gasteiger partial charge in [0.2, 0.25) is 9.47 Å². The summed E-state index contributed by atoms with van der Waals surface area (Å²) >= 11 is 0.481. The van der Waals surface area contributed by atoms with Crippen molar-refractivity contribution in [2.45, 2.75) is 35.0 Å².